The number of ketones is 1. The van der Waals surface area contributed by atoms with Crippen molar-refractivity contribution >= 4 is 17.7 Å². The maximum atomic E-state index is 11.8. The van der Waals surface area contributed by atoms with Gasteiger partial charge in [-0.3, -0.25) is 9.59 Å². The molecule has 0 spiro atoms. The molecule has 0 fully saturated rings. The summed E-state index contributed by atoms with van der Waals surface area (Å²) < 4.78 is 1.42. The molecule has 0 saturated carbocycles. The number of aliphatic hydroxyl groups excluding tert-OH is 1. The quantitative estimate of drug-likeness (QED) is 0.608. The molecule has 0 bridgehead atoms. The number of aryl methyl sites for hydroxylation is 1. The smallest absolute Gasteiger partial charge is 0.328 e. The van der Waals surface area contributed by atoms with Gasteiger partial charge in [-0.15, -0.1) is 0 Å². The van der Waals surface area contributed by atoms with Gasteiger partial charge in [-0.1, -0.05) is 0 Å². The lowest BCUT2D eigenvalue weighted by molar-refractivity contribution is -0.140. The van der Waals surface area contributed by atoms with E-state index in [1.807, 2.05) is 0 Å². The fraction of sp³-hybridized carbons (Fsp3) is 0.364. The first-order valence-corrected chi connectivity index (χ1v) is 5.18. The second-order valence-corrected chi connectivity index (χ2v) is 3.83. The molecule has 1 amide bonds. The maximum absolute atomic E-state index is 11.8. The second kappa shape index (κ2) is 5.46. The highest BCUT2D eigenvalue weighted by Crippen LogP contribution is 2.08. The molecular formula is C11H14N2O5. The fourth-order valence-electron chi connectivity index (χ4n) is 1.40. The van der Waals surface area contributed by atoms with E-state index in [1.54, 1.807) is 7.05 Å². The van der Waals surface area contributed by atoms with Crippen molar-refractivity contribution in [3.63, 3.8) is 0 Å². The van der Waals surface area contributed by atoms with E-state index in [4.69, 9.17) is 10.2 Å². The third-order valence-electron chi connectivity index (χ3n) is 2.43. The molecule has 0 aliphatic rings. The number of carbonyl (C=O) groups excluding carboxylic acids is 2. The van der Waals surface area contributed by atoms with Crippen LogP contribution >= 0.6 is 0 Å². The zero-order chi connectivity index (χ0) is 13.9. The first-order chi connectivity index (χ1) is 8.36. The third-order valence-corrected chi connectivity index (χ3v) is 2.43. The van der Waals surface area contributed by atoms with Gasteiger partial charge < -0.3 is 20.1 Å². The second-order valence-electron chi connectivity index (χ2n) is 3.83. The largest absolute Gasteiger partial charge is 0.480 e. The number of hydrogen-bond donors (Lipinski definition) is 3. The summed E-state index contributed by atoms with van der Waals surface area (Å²) in [5, 5.41) is 19.6. The monoisotopic (exact) mass is 254 g/mol. The van der Waals surface area contributed by atoms with Crippen LogP contribution in [0.2, 0.25) is 0 Å². The van der Waals surface area contributed by atoms with E-state index < -0.39 is 24.5 Å². The van der Waals surface area contributed by atoms with Crippen LogP contribution in [0, 0.1) is 0 Å². The zero-order valence-corrected chi connectivity index (χ0v) is 10.0. The number of carboxylic acid groups (broad SMARTS) is 1. The predicted octanol–water partition coefficient (Wildman–Crippen LogP) is -0.597. The van der Waals surface area contributed by atoms with Crippen LogP contribution < -0.4 is 5.32 Å². The van der Waals surface area contributed by atoms with Gasteiger partial charge >= 0.3 is 5.97 Å². The number of carbonyl (C=O) groups is 3. The Kier molecular flexibility index (Phi) is 4.22. The van der Waals surface area contributed by atoms with Gasteiger partial charge in [0, 0.05) is 18.8 Å². The highest BCUT2D eigenvalue weighted by Gasteiger charge is 2.21. The first kappa shape index (κ1) is 13.9. The summed E-state index contributed by atoms with van der Waals surface area (Å²) in [5.74, 6) is -2.18. The lowest BCUT2D eigenvalue weighted by atomic mass is 10.2. The third kappa shape index (κ3) is 2.95. The maximum Gasteiger partial charge on any atom is 0.328 e. The molecule has 3 N–H and O–H groups in total. The van der Waals surface area contributed by atoms with E-state index in [9.17, 15) is 14.4 Å². The van der Waals surface area contributed by atoms with E-state index in [1.165, 1.54) is 23.8 Å². The molecule has 0 radical (unpaired) electrons. The lowest BCUT2D eigenvalue weighted by Gasteiger charge is -2.11. The summed E-state index contributed by atoms with van der Waals surface area (Å²) in [4.78, 5) is 33.6. The van der Waals surface area contributed by atoms with Gasteiger partial charge in [-0.25, -0.2) is 4.79 Å². The molecule has 1 heterocycles. The minimum atomic E-state index is -1.37. The Hall–Kier alpha value is -2.15. The van der Waals surface area contributed by atoms with Gasteiger partial charge in [0.25, 0.3) is 5.91 Å². The lowest BCUT2D eigenvalue weighted by Crippen LogP contribution is -2.43. The molecule has 0 aliphatic carbocycles. The van der Waals surface area contributed by atoms with Crippen molar-refractivity contribution in [1.29, 1.82) is 0 Å². The van der Waals surface area contributed by atoms with Crippen molar-refractivity contribution in [2.75, 3.05) is 6.61 Å². The Labute approximate surface area is 103 Å². The van der Waals surface area contributed by atoms with E-state index in [-0.39, 0.29) is 11.5 Å². The summed E-state index contributed by atoms with van der Waals surface area (Å²) in [6.07, 6.45) is 1.48. The summed E-state index contributed by atoms with van der Waals surface area (Å²) in [6.45, 7) is 0.663. The normalized spacial score (nSPS) is 11.9. The Balaban J connectivity index is 2.90. The van der Waals surface area contributed by atoms with Crippen LogP contribution in [0.3, 0.4) is 0 Å². The van der Waals surface area contributed by atoms with Crippen LogP contribution in [0.15, 0.2) is 12.3 Å². The molecule has 18 heavy (non-hydrogen) atoms. The molecule has 0 aliphatic heterocycles. The average molecular weight is 254 g/mol. The van der Waals surface area contributed by atoms with Crippen molar-refractivity contribution in [3.05, 3.63) is 23.5 Å². The molecule has 1 atom stereocenters. The molecule has 7 nitrogen and oxygen atoms in total. The Bertz CT molecular complexity index is 492. The molecular weight excluding hydrogens is 240 g/mol. The van der Waals surface area contributed by atoms with Gasteiger partial charge in [-0.2, -0.15) is 0 Å². The van der Waals surface area contributed by atoms with Crippen LogP contribution in [0.5, 0.6) is 0 Å². The van der Waals surface area contributed by atoms with Gasteiger partial charge in [-0.05, 0) is 13.0 Å². The van der Waals surface area contributed by atoms with E-state index in [2.05, 4.69) is 5.32 Å². The summed E-state index contributed by atoms with van der Waals surface area (Å²) in [6, 6.07) is 0.00157. The molecule has 98 valence electrons. The van der Waals surface area contributed by atoms with Crippen molar-refractivity contribution < 1.29 is 24.6 Å². The minimum absolute atomic E-state index is 0.153. The first-order valence-electron chi connectivity index (χ1n) is 5.18. The van der Waals surface area contributed by atoms with E-state index in [0.29, 0.717) is 5.56 Å². The molecule has 0 saturated heterocycles. The number of nitrogens with zero attached hydrogens (tertiary/aromatic N) is 1. The number of amides is 1. The van der Waals surface area contributed by atoms with Crippen LogP contribution in [0.25, 0.3) is 0 Å². The van der Waals surface area contributed by atoms with Gasteiger partial charge in [0.1, 0.15) is 5.69 Å². The highest BCUT2D eigenvalue weighted by molar-refractivity contribution is 6.00. The van der Waals surface area contributed by atoms with Crippen LogP contribution in [0.4, 0.5) is 0 Å². The average Bonchev–Trinajstić information content (AvgIpc) is 2.67. The van der Waals surface area contributed by atoms with Gasteiger partial charge in [0.2, 0.25) is 0 Å². The highest BCUT2D eigenvalue weighted by atomic mass is 16.4. The fourth-order valence-corrected chi connectivity index (χ4v) is 1.40. The van der Waals surface area contributed by atoms with E-state index >= 15 is 0 Å². The van der Waals surface area contributed by atoms with Crippen molar-refractivity contribution in [3.8, 4) is 0 Å². The predicted molar refractivity (Wildman–Crippen MR) is 61.4 cm³/mol. The number of carboxylic acids is 1. The summed E-state index contributed by atoms with van der Waals surface area (Å²) in [5.41, 5.74) is 0.512. The van der Waals surface area contributed by atoms with Gasteiger partial charge in [0.15, 0.2) is 11.8 Å². The van der Waals surface area contributed by atoms with Crippen LogP contribution in [-0.4, -0.2) is 45.1 Å². The van der Waals surface area contributed by atoms with Crippen molar-refractivity contribution in [2.45, 2.75) is 13.0 Å². The molecule has 1 rings (SSSR count). The number of aliphatic hydroxyl groups is 1. The van der Waals surface area contributed by atoms with Crippen molar-refractivity contribution in [2.24, 2.45) is 7.05 Å². The Morgan fingerprint density at radius 1 is 1.44 bits per heavy atom. The number of nitrogens with one attached hydrogen (secondary N) is 1. The van der Waals surface area contributed by atoms with E-state index in [0.717, 1.165) is 0 Å². The number of Topliss-reactive ketones (excluding diaryl/α,β-unsaturated/α-hetero) is 1. The number of aromatic nitrogens is 1. The Morgan fingerprint density at radius 3 is 2.44 bits per heavy atom. The summed E-state index contributed by atoms with van der Waals surface area (Å²) in [7, 11) is 1.57. The zero-order valence-electron chi connectivity index (χ0n) is 10.0. The molecule has 1 aromatic rings. The molecule has 0 unspecified atom stereocenters. The number of hydrogen-bond acceptors (Lipinski definition) is 4. The summed E-state index contributed by atoms with van der Waals surface area (Å²) >= 11 is 0. The van der Waals surface area contributed by atoms with Gasteiger partial charge in [0.05, 0.1) is 6.61 Å². The molecule has 1 aromatic heterocycles. The number of aliphatic carboxylic acids is 1. The Morgan fingerprint density at radius 2 is 2.06 bits per heavy atom. The number of rotatable bonds is 5. The topological polar surface area (TPSA) is 109 Å². The standard InChI is InChI=1S/C11H14N2O5/c1-6(15)7-3-9(13(2)4-7)10(16)12-8(5-14)11(17)18/h3-4,8,14H,5H2,1-2H3,(H,12,16)(H,17,18)/t8-/m1/s1. The van der Waals surface area contributed by atoms with Crippen LogP contribution in [0.1, 0.15) is 27.8 Å². The minimum Gasteiger partial charge on any atom is -0.480 e. The van der Waals surface area contributed by atoms with Crippen LogP contribution in [-0.2, 0) is 11.8 Å². The SMILES string of the molecule is CC(=O)c1cc(C(=O)N[C@H](CO)C(=O)O)n(C)c1. The molecule has 7 heteroatoms. The van der Waals surface area contributed by atoms with Crippen molar-refractivity contribution in [1.82, 2.24) is 9.88 Å². The molecule has 0 aromatic carbocycles.